The molecule has 0 rings (SSSR count). The van der Waals surface area contributed by atoms with Crippen LogP contribution < -0.4 is 11.1 Å². The van der Waals surface area contributed by atoms with Gasteiger partial charge in [0.25, 0.3) is 0 Å². The maximum Gasteiger partial charge on any atom is 0 e. The van der Waals surface area contributed by atoms with Crippen molar-refractivity contribution >= 4 is 0 Å². The number of unbranched alkanes of at least 4 members (excludes halogenated alkanes) is 2. The van der Waals surface area contributed by atoms with Gasteiger partial charge < -0.3 is 11.1 Å². The molecule has 94 valence electrons. The van der Waals surface area contributed by atoms with Crippen molar-refractivity contribution in [3.8, 4) is 0 Å². The fourth-order valence-electron chi connectivity index (χ4n) is 0.873. The molecular weight excluding hydrogens is 172 g/mol. The van der Waals surface area contributed by atoms with Crippen LogP contribution in [0, 0.1) is 0 Å². The number of nitrogens with two attached hydrogens (primary N) is 1. The molecule has 0 aliphatic rings. The van der Waals surface area contributed by atoms with Gasteiger partial charge in [0.05, 0.1) is 0 Å². The molecule has 0 fully saturated rings. The molecule has 0 saturated heterocycles. The quantitative estimate of drug-likeness (QED) is 0.627. The van der Waals surface area contributed by atoms with Crippen LogP contribution in [0.3, 0.4) is 0 Å². The van der Waals surface area contributed by atoms with E-state index in [2.05, 4.69) is 12.2 Å². The van der Waals surface area contributed by atoms with E-state index < -0.39 is 0 Å². The fraction of sp³-hybridized carbons (Fsp3) is 1.00. The summed E-state index contributed by atoms with van der Waals surface area (Å²) in [5.74, 6) is 0. The van der Waals surface area contributed by atoms with Gasteiger partial charge in [-0.1, -0.05) is 41.0 Å². The van der Waals surface area contributed by atoms with E-state index in [4.69, 9.17) is 5.73 Å². The van der Waals surface area contributed by atoms with Gasteiger partial charge in [0.15, 0.2) is 0 Å². The third-order valence-corrected chi connectivity index (χ3v) is 1.48. The zero-order valence-corrected chi connectivity index (χ0v) is 11.0. The molecule has 0 saturated carbocycles. The molecule has 2 nitrogen and oxygen atoms in total. The average Bonchev–Trinajstić information content (AvgIpc) is 2.29. The van der Waals surface area contributed by atoms with Gasteiger partial charge in [-0.3, -0.25) is 0 Å². The average molecular weight is 208 g/mol. The molecule has 0 amide bonds. The zero-order chi connectivity index (χ0) is 11.7. The molecular formula is C12H36N2. The van der Waals surface area contributed by atoms with Gasteiger partial charge in [0.1, 0.15) is 0 Å². The minimum Gasteiger partial charge on any atom is -0.330 e. The molecule has 0 bridgehead atoms. The standard InChI is InChI=1S/C8H20N2.2C2H6.2H2/c1-2-7-10-8-5-3-4-6-9;2*1-2;;/h10H,2-9H2,1H3;2*1-2H3;2*1H. The van der Waals surface area contributed by atoms with E-state index in [0.29, 0.717) is 0 Å². The van der Waals surface area contributed by atoms with Gasteiger partial charge in [0.2, 0.25) is 0 Å². The normalized spacial score (nSPS) is 8.14. The van der Waals surface area contributed by atoms with Gasteiger partial charge >= 0.3 is 0 Å². The van der Waals surface area contributed by atoms with E-state index in [1.807, 2.05) is 27.7 Å². The summed E-state index contributed by atoms with van der Waals surface area (Å²) in [5.41, 5.74) is 5.35. The Bertz CT molecular complexity index is 57.0. The highest BCUT2D eigenvalue weighted by Gasteiger charge is 1.85. The van der Waals surface area contributed by atoms with Gasteiger partial charge in [0, 0.05) is 2.85 Å². The molecule has 0 atom stereocenters. The van der Waals surface area contributed by atoms with Crippen LogP contribution in [0.25, 0.3) is 0 Å². The van der Waals surface area contributed by atoms with Gasteiger partial charge in [-0.2, -0.15) is 0 Å². The first-order valence-electron chi connectivity index (χ1n) is 6.32. The third-order valence-electron chi connectivity index (χ3n) is 1.48. The largest absolute Gasteiger partial charge is 0.330 e. The predicted octanol–water partition coefficient (Wildman–Crippen LogP) is 3.66. The van der Waals surface area contributed by atoms with Crippen molar-refractivity contribution in [3.05, 3.63) is 0 Å². The lowest BCUT2D eigenvalue weighted by atomic mass is 10.2. The Labute approximate surface area is 94.6 Å². The first-order chi connectivity index (χ1) is 6.91. The van der Waals surface area contributed by atoms with Crippen molar-refractivity contribution in [2.45, 2.75) is 60.3 Å². The van der Waals surface area contributed by atoms with Crippen molar-refractivity contribution < 1.29 is 2.85 Å². The smallest absolute Gasteiger partial charge is 0 e. The van der Waals surface area contributed by atoms with Crippen LogP contribution in [0.2, 0.25) is 0 Å². The Morgan fingerprint density at radius 2 is 1.50 bits per heavy atom. The van der Waals surface area contributed by atoms with E-state index in [9.17, 15) is 0 Å². The molecule has 0 aliphatic heterocycles. The maximum absolute atomic E-state index is 5.35. The number of hydrogen-bond acceptors (Lipinski definition) is 2. The molecule has 0 aromatic carbocycles. The second kappa shape index (κ2) is 29.3. The molecule has 0 aliphatic carbocycles. The molecule has 0 aromatic rings. The summed E-state index contributed by atoms with van der Waals surface area (Å²) in [6, 6.07) is 0. The molecule has 0 aromatic heterocycles. The Balaban J connectivity index is -0.0000000602. The van der Waals surface area contributed by atoms with E-state index in [0.717, 1.165) is 19.6 Å². The fourth-order valence-corrected chi connectivity index (χ4v) is 0.873. The van der Waals surface area contributed by atoms with Crippen LogP contribution >= 0.6 is 0 Å². The molecule has 14 heavy (non-hydrogen) atoms. The zero-order valence-electron chi connectivity index (χ0n) is 11.0. The predicted molar refractivity (Wildman–Crippen MR) is 73.0 cm³/mol. The first-order valence-corrected chi connectivity index (χ1v) is 6.32. The molecule has 0 heterocycles. The SMILES string of the molecule is CC.CC.CCCNCCCCCN.[HH].[HH]. The van der Waals surface area contributed by atoms with Crippen molar-refractivity contribution in [2.24, 2.45) is 5.73 Å². The summed E-state index contributed by atoms with van der Waals surface area (Å²) >= 11 is 0. The summed E-state index contributed by atoms with van der Waals surface area (Å²) in [6.07, 6.45) is 4.95. The minimum absolute atomic E-state index is 0. The van der Waals surface area contributed by atoms with E-state index in [-0.39, 0.29) is 2.85 Å². The van der Waals surface area contributed by atoms with E-state index in [1.54, 1.807) is 0 Å². The Hall–Kier alpha value is -0.0800. The first kappa shape index (κ1) is 19.5. The third kappa shape index (κ3) is 29.7. The van der Waals surface area contributed by atoms with Crippen LogP contribution in [0.5, 0.6) is 0 Å². The van der Waals surface area contributed by atoms with E-state index in [1.165, 1.54) is 25.7 Å². The summed E-state index contributed by atoms with van der Waals surface area (Å²) in [7, 11) is 0. The van der Waals surface area contributed by atoms with Crippen molar-refractivity contribution in [1.29, 1.82) is 0 Å². The van der Waals surface area contributed by atoms with Crippen LogP contribution in [0.1, 0.15) is 63.2 Å². The number of nitrogens with one attached hydrogen (secondary N) is 1. The Kier molecular flexibility index (Phi) is 40.7. The highest BCUT2D eigenvalue weighted by Crippen LogP contribution is 1.90. The van der Waals surface area contributed by atoms with Crippen LogP contribution in [-0.4, -0.2) is 19.6 Å². The van der Waals surface area contributed by atoms with Crippen LogP contribution in [0.4, 0.5) is 0 Å². The Morgan fingerprint density at radius 3 is 1.93 bits per heavy atom. The van der Waals surface area contributed by atoms with Crippen molar-refractivity contribution in [1.82, 2.24) is 5.32 Å². The van der Waals surface area contributed by atoms with Crippen LogP contribution in [0.15, 0.2) is 0 Å². The second-order valence-corrected chi connectivity index (χ2v) is 2.60. The van der Waals surface area contributed by atoms with Crippen molar-refractivity contribution in [2.75, 3.05) is 19.6 Å². The second-order valence-electron chi connectivity index (χ2n) is 2.60. The number of hydrogen-bond donors (Lipinski definition) is 2. The summed E-state index contributed by atoms with van der Waals surface area (Å²) < 4.78 is 0. The maximum atomic E-state index is 5.35. The highest BCUT2D eigenvalue weighted by molar-refractivity contribution is 4.47. The summed E-state index contributed by atoms with van der Waals surface area (Å²) in [6.45, 7) is 13.3. The Morgan fingerprint density at radius 1 is 0.929 bits per heavy atom. The lowest BCUT2D eigenvalue weighted by Gasteiger charge is -2.00. The molecule has 0 radical (unpaired) electrons. The van der Waals surface area contributed by atoms with Crippen molar-refractivity contribution in [3.63, 3.8) is 0 Å². The lowest BCUT2D eigenvalue weighted by molar-refractivity contribution is 0.602. The molecule has 3 N–H and O–H groups in total. The van der Waals surface area contributed by atoms with Crippen LogP contribution in [-0.2, 0) is 0 Å². The molecule has 0 spiro atoms. The number of rotatable bonds is 7. The van der Waals surface area contributed by atoms with Gasteiger partial charge in [-0.25, -0.2) is 0 Å². The summed E-state index contributed by atoms with van der Waals surface area (Å²) in [4.78, 5) is 0. The monoisotopic (exact) mass is 208 g/mol. The lowest BCUT2D eigenvalue weighted by Crippen LogP contribution is -2.16. The highest BCUT2D eigenvalue weighted by atomic mass is 14.8. The minimum atomic E-state index is 0. The van der Waals surface area contributed by atoms with Gasteiger partial charge in [-0.05, 0) is 38.9 Å². The topological polar surface area (TPSA) is 38.0 Å². The van der Waals surface area contributed by atoms with Gasteiger partial charge in [-0.15, -0.1) is 0 Å². The molecule has 2 heteroatoms. The summed E-state index contributed by atoms with van der Waals surface area (Å²) in [5, 5.41) is 3.35. The molecule has 0 unspecified atom stereocenters. The van der Waals surface area contributed by atoms with E-state index >= 15 is 0 Å².